The molecule has 0 bridgehead atoms. The van der Waals surface area contributed by atoms with Crippen molar-refractivity contribution in [1.29, 1.82) is 0 Å². The summed E-state index contributed by atoms with van der Waals surface area (Å²) >= 11 is 0. The van der Waals surface area contributed by atoms with Crippen LogP contribution in [0, 0.1) is 20.8 Å². The molecule has 0 amide bonds. The van der Waals surface area contributed by atoms with E-state index in [0.29, 0.717) is 0 Å². The van der Waals surface area contributed by atoms with Crippen LogP contribution < -0.4 is 5.73 Å². The van der Waals surface area contributed by atoms with Crippen molar-refractivity contribution in [3.8, 4) is 0 Å². The second-order valence-corrected chi connectivity index (χ2v) is 5.34. The third kappa shape index (κ3) is 2.02. The van der Waals surface area contributed by atoms with E-state index >= 15 is 0 Å². The van der Waals surface area contributed by atoms with Gasteiger partial charge >= 0.3 is 0 Å². The van der Waals surface area contributed by atoms with Crippen molar-refractivity contribution in [2.24, 2.45) is 5.73 Å². The van der Waals surface area contributed by atoms with Gasteiger partial charge in [-0.05, 0) is 48.7 Å². The van der Waals surface area contributed by atoms with Gasteiger partial charge in [-0.25, -0.2) is 0 Å². The predicted molar refractivity (Wildman–Crippen MR) is 82.9 cm³/mol. The molecule has 0 aliphatic carbocycles. The molecule has 3 rings (SSSR count). The molecule has 1 heterocycles. The average Bonchev–Trinajstić information content (AvgIpc) is 2.71. The van der Waals surface area contributed by atoms with Crippen LogP contribution >= 0.6 is 0 Å². The minimum Gasteiger partial charge on any atom is -0.466 e. The standard InChI is InChI=1S/C18H19NO/c1-11-12(2)20-13(3)17(11)18(19)16-9-8-14-6-4-5-7-15(14)10-16/h4-10,18H,19H2,1-3H3. The zero-order valence-electron chi connectivity index (χ0n) is 12.1. The Bertz CT molecular complexity index is 770. The lowest BCUT2D eigenvalue weighted by Gasteiger charge is -2.14. The molecule has 3 aromatic rings. The Morgan fingerprint density at radius 3 is 2.25 bits per heavy atom. The zero-order chi connectivity index (χ0) is 14.3. The van der Waals surface area contributed by atoms with Crippen LogP contribution in [0.4, 0.5) is 0 Å². The summed E-state index contributed by atoms with van der Waals surface area (Å²) in [5.74, 6) is 1.87. The van der Waals surface area contributed by atoms with Crippen LogP contribution in [0.2, 0.25) is 0 Å². The summed E-state index contributed by atoms with van der Waals surface area (Å²) in [6, 6.07) is 14.6. The van der Waals surface area contributed by atoms with Gasteiger partial charge in [-0.15, -0.1) is 0 Å². The molecule has 2 N–H and O–H groups in total. The van der Waals surface area contributed by atoms with Crippen molar-refractivity contribution < 1.29 is 4.42 Å². The van der Waals surface area contributed by atoms with E-state index in [-0.39, 0.29) is 6.04 Å². The van der Waals surface area contributed by atoms with Gasteiger partial charge in [0.05, 0.1) is 6.04 Å². The molecule has 1 unspecified atom stereocenters. The number of hydrogen-bond acceptors (Lipinski definition) is 2. The van der Waals surface area contributed by atoms with Crippen LogP contribution in [0.3, 0.4) is 0 Å². The normalized spacial score (nSPS) is 12.8. The van der Waals surface area contributed by atoms with E-state index in [0.717, 1.165) is 28.2 Å². The molecule has 0 radical (unpaired) electrons. The van der Waals surface area contributed by atoms with Gasteiger partial charge < -0.3 is 10.2 Å². The number of hydrogen-bond donors (Lipinski definition) is 1. The maximum Gasteiger partial charge on any atom is 0.106 e. The van der Waals surface area contributed by atoms with Crippen LogP contribution in [-0.4, -0.2) is 0 Å². The van der Waals surface area contributed by atoms with Gasteiger partial charge in [0.1, 0.15) is 11.5 Å². The fourth-order valence-corrected chi connectivity index (χ4v) is 2.84. The highest BCUT2D eigenvalue weighted by Gasteiger charge is 2.19. The molecular formula is C18H19NO. The molecule has 2 aromatic carbocycles. The summed E-state index contributed by atoms with van der Waals surface area (Å²) in [4.78, 5) is 0. The zero-order valence-corrected chi connectivity index (χ0v) is 12.1. The fraction of sp³-hybridized carbons (Fsp3) is 0.222. The average molecular weight is 265 g/mol. The Morgan fingerprint density at radius 2 is 1.60 bits per heavy atom. The maximum absolute atomic E-state index is 6.46. The first kappa shape index (κ1) is 12.9. The first-order valence-corrected chi connectivity index (χ1v) is 6.88. The second kappa shape index (κ2) is 4.80. The van der Waals surface area contributed by atoms with Crippen molar-refractivity contribution in [2.75, 3.05) is 0 Å². The molecule has 0 saturated heterocycles. The van der Waals surface area contributed by atoms with Crippen LogP contribution in [0.1, 0.15) is 34.3 Å². The van der Waals surface area contributed by atoms with E-state index in [9.17, 15) is 0 Å². The van der Waals surface area contributed by atoms with Crippen molar-refractivity contribution in [1.82, 2.24) is 0 Å². The first-order valence-electron chi connectivity index (χ1n) is 6.88. The molecule has 0 aliphatic heterocycles. The third-order valence-electron chi connectivity index (χ3n) is 4.06. The van der Waals surface area contributed by atoms with Gasteiger partial charge in [0.25, 0.3) is 0 Å². The monoisotopic (exact) mass is 265 g/mol. The molecular weight excluding hydrogens is 246 g/mol. The van der Waals surface area contributed by atoms with Crippen LogP contribution in [0.5, 0.6) is 0 Å². The number of furan rings is 1. The number of aryl methyl sites for hydroxylation is 2. The summed E-state index contributed by atoms with van der Waals surface area (Å²) in [5.41, 5.74) is 9.85. The molecule has 0 aliphatic rings. The number of rotatable bonds is 2. The van der Waals surface area contributed by atoms with Gasteiger partial charge in [0.2, 0.25) is 0 Å². The van der Waals surface area contributed by atoms with E-state index in [1.165, 1.54) is 10.8 Å². The summed E-state index contributed by atoms with van der Waals surface area (Å²) in [7, 11) is 0. The SMILES string of the molecule is Cc1oc(C)c(C(N)c2ccc3ccccc3c2)c1C. The Hall–Kier alpha value is -2.06. The quantitative estimate of drug-likeness (QED) is 0.745. The lowest BCUT2D eigenvalue weighted by atomic mass is 9.94. The van der Waals surface area contributed by atoms with Gasteiger partial charge in [0, 0.05) is 5.56 Å². The molecule has 1 atom stereocenters. The summed E-state index contributed by atoms with van der Waals surface area (Å²) in [6.07, 6.45) is 0. The summed E-state index contributed by atoms with van der Waals surface area (Å²) in [6.45, 7) is 6.04. The lowest BCUT2D eigenvalue weighted by Crippen LogP contribution is -2.13. The highest BCUT2D eigenvalue weighted by Crippen LogP contribution is 2.31. The Balaban J connectivity index is 2.10. The van der Waals surface area contributed by atoms with Crippen molar-refractivity contribution in [2.45, 2.75) is 26.8 Å². The first-order chi connectivity index (χ1) is 9.58. The number of fused-ring (bicyclic) bond motifs is 1. The second-order valence-electron chi connectivity index (χ2n) is 5.34. The molecule has 20 heavy (non-hydrogen) atoms. The minimum atomic E-state index is -0.142. The molecule has 2 heteroatoms. The number of nitrogens with two attached hydrogens (primary N) is 1. The Kier molecular flexibility index (Phi) is 3.11. The van der Waals surface area contributed by atoms with Crippen molar-refractivity contribution >= 4 is 10.8 Å². The number of benzene rings is 2. The smallest absolute Gasteiger partial charge is 0.106 e. The van der Waals surface area contributed by atoms with Gasteiger partial charge in [0.15, 0.2) is 0 Å². The van der Waals surface area contributed by atoms with Crippen molar-refractivity contribution in [3.63, 3.8) is 0 Å². The predicted octanol–water partition coefficient (Wildman–Crippen LogP) is 4.41. The lowest BCUT2D eigenvalue weighted by molar-refractivity contribution is 0.498. The van der Waals surface area contributed by atoms with Crippen LogP contribution in [-0.2, 0) is 0 Å². The maximum atomic E-state index is 6.46. The van der Waals surface area contributed by atoms with Gasteiger partial charge in [-0.2, -0.15) is 0 Å². The molecule has 0 saturated carbocycles. The third-order valence-corrected chi connectivity index (χ3v) is 4.06. The Labute approximate surface area is 119 Å². The highest BCUT2D eigenvalue weighted by molar-refractivity contribution is 5.83. The largest absolute Gasteiger partial charge is 0.466 e. The summed E-state index contributed by atoms with van der Waals surface area (Å²) < 4.78 is 5.70. The van der Waals surface area contributed by atoms with Crippen LogP contribution in [0.15, 0.2) is 46.9 Å². The molecule has 0 spiro atoms. The summed E-state index contributed by atoms with van der Waals surface area (Å²) in [5, 5.41) is 2.45. The molecule has 102 valence electrons. The van der Waals surface area contributed by atoms with E-state index < -0.39 is 0 Å². The van der Waals surface area contributed by atoms with E-state index in [1.807, 2.05) is 13.8 Å². The van der Waals surface area contributed by atoms with E-state index in [1.54, 1.807) is 0 Å². The minimum absolute atomic E-state index is 0.142. The van der Waals surface area contributed by atoms with Gasteiger partial charge in [-0.3, -0.25) is 0 Å². The van der Waals surface area contributed by atoms with E-state index in [2.05, 4.69) is 49.4 Å². The highest BCUT2D eigenvalue weighted by atomic mass is 16.3. The topological polar surface area (TPSA) is 39.2 Å². The molecule has 0 fully saturated rings. The van der Waals surface area contributed by atoms with Crippen molar-refractivity contribution in [3.05, 3.63) is 70.7 Å². The van der Waals surface area contributed by atoms with E-state index in [4.69, 9.17) is 10.2 Å². The fourth-order valence-electron chi connectivity index (χ4n) is 2.84. The Morgan fingerprint density at radius 1 is 0.900 bits per heavy atom. The molecule has 1 aromatic heterocycles. The molecule has 2 nitrogen and oxygen atoms in total. The van der Waals surface area contributed by atoms with Crippen LogP contribution in [0.25, 0.3) is 10.8 Å². The van der Waals surface area contributed by atoms with Gasteiger partial charge in [-0.1, -0.05) is 36.4 Å².